The van der Waals surface area contributed by atoms with Crippen molar-refractivity contribution in [3.63, 3.8) is 0 Å². The molecule has 0 radical (unpaired) electrons. The topological polar surface area (TPSA) is 56.1 Å². The number of hydrogen-bond donors (Lipinski definition) is 1. The fraction of sp³-hybridized carbons (Fsp3) is 0.500. The summed E-state index contributed by atoms with van der Waals surface area (Å²) < 4.78 is 41.7. The van der Waals surface area contributed by atoms with Crippen molar-refractivity contribution in [2.24, 2.45) is 0 Å². The van der Waals surface area contributed by atoms with Crippen LogP contribution < -0.4 is 10.1 Å². The average molecular weight is 235 g/mol. The molecule has 0 aliphatic carbocycles. The Hall–Kier alpha value is -1.73. The Morgan fingerprint density at radius 2 is 2.31 bits per heavy atom. The molecule has 0 aromatic carbocycles. The number of ether oxygens (including phenoxy) is 1. The van der Waals surface area contributed by atoms with E-state index in [9.17, 15) is 18.0 Å². The van der Waals surface area contributed by atoms with E-state index in [0.29, 0.717) is 10.4 Å². The molecule has 1 aromatic rings. The van der Waals surface area contributed by atoms with Crippen molar-refractivity contribution in [1.29, 1.82) is 0 Å². The van der Waals surface area contributed by atoms with Crippen LogP contribution in [0.4, 0.5) is 18.0 Å². The Kier molecular flexibility index (Phi) is 2.28. The molecule has 2 heterocycles. The highest BCUT2D eigenvalue weighted by atomic mass is 19.4. The number of hydrogen-bond acceptors (Lipinski definition) is 3. The Bertz CT molecular complexity index is 427. The fourth-order valence-corrected chi connectivity index (χ4v) is 1.44. The summed E-state index contributed by atoms with van der Waals surface area (Å²) in [6.07, 6.45) is -3.97. The van der Waals surface area contributed by atoms with Crippen molar-refractivity contribution in [3.8, 4) is 5.75 Å². The van der Waals surface area contributed by atoms with E-state index < -0.39 is 24.9 Å². The molecule has 1 N–H and O–H groups in total. The lowest BCUT2D eigenvalue weighted by atomic mass is 10.2. The van der Waals surface area contributed by atoms with Crippen molar-refractivity contribution in [2.45, 2.75) is 25.7 Å². The van der Waals surface area contributed by atoms with Crippen LogP contribution in [-0.4, -0.2) is 22.1 Å². The summed E-state index contributed by atoms with van der Waals surface area (Å²) in [7, 11) is 0. The normalized spacial score (nSPS) is 20.0. The SMILES string of the molecule is CC1NC(=O)Oc2cn(CC(F)(F)F)nc21. The second kappa shape index (κ2) is 3.39. The summed E-state index contributed by atoms with van der Waals surface area (Å²) >= 11 is 0. The summed E-state index contributed by atoms with van der Waals surface area (Å²) in [6, 6.07) is -0.453. The van der Waals surface area contributed by atoms with E-state index in [4.69, 9.17) is 4.74 Å². The van der Waals surface area contributed by atoms with Crippen LogP contribution in [0, 0.1) is 0 Å². The highest BCUT2D eigenvalue weighted by Crippen LogP contribution is 2.28. The zero-order valence-corrected chi connectivity index (χ0v) is 8.21. The van der Waals surface area contributed by atoms with Gasteiger partial charge in [-0.05, 0) is 6.92 Å². The molecule has 1 atom stereocenters. The van der Waals surface area contributed by atoms with Gasteiger partial charge in [0.15, 0.2) is 5.75 Å². The predicted octanol–water partition coefficient (Wildman–Crippen LogP) is 1.61. The molecular formula is C8H8F3N3O2. The molecule has 1 unspecified atom stereocenters. The van der Waals surface area contributed by atoms with Crippen LogP contribution in [0.1, 0.15) is 18.7 Å². The van der Waals surface area contributed by atoms with Gasteiger partial charge in [0.1, 0.15) is 12.2 Å². The van der Waals surface area contributed by atoms with Crippen molar-refractivity contribution in [2.75, 3.05) is 0 Å². The van der Waals surface area contributed by atoms with Crippen molar-refractivity contribution >= 4 is 6.09 Å². The Balaban J connectivity index is 2.26. The maximum Gasteiger partial charge on any atom is 0.413 e. The van der Waals surface area contributed by atoms with E-state index in [-0.39, 0.29) is 5.75 Å². The maximum atomic E-state index is 12.1. The van der Waals surface area contributed by atoms with Gasteiger partial charge in [-0.15, -0.1) is 0 Å². The summed E-state index contributed by atoms with van der Waals surface area (Å²) in [5.74, 6) is 0.0699. The molecule has 1 aromatic heterocycles. The van der Waals surface area contributed by atoms with E-state index in [2.05, 4.69) is 10.4 Å². The number of rotatable bonds is 1. The molecule has 16 heavy (non-hydrogen) atoms. The van der Waals surface area contributed by atoms with Crippen LogP contribution in [-0.2, 0) is 6.54 Å². The van der Waals surface area contributed by atoms with E-state index in [0.717, 1.165) is 6.20 Å². The summed E-state index contributed by atoms with van der Waals surface area (Å²) in [5.41, 5.74) is 0.295. The Morgan fingerprint density at radius 1 is 1.62 bits per heavy atom. The lowest BCUT2D eigenvalue weighted by molar-refractivity contribution is -0.142. The monoisotopic (exact) mass is 235 g/mol. The molecule has 8 heteroatoms. The lowest BCUT2D eigenvalue weighted by Crippen LogP contribution is -2.34. The third-order valence-electron chi connectivity index (χ3n) is 2.04. The maximum absolute atomic E-state index is 12.1. The van der Waals surface area contributed by atoms with Crippen molar-refractivity contribution in [1.82, 2.24) is 15.1 Å². The average Bonchev–Trinajstić information content (AvgIpc) is 2.43. The minimum absolute atomic E-state index is 0.0699. The smallest absolute Gasteiger partial charge is 0.407 e. The number of alkyl halides is 3. The molecule has 5 nitrogen and oxygen atoms in total. The molecule has 0 bridgehead atoms. The van der Waals surface area contributed by atoms with Crippen LogP contribution >= 0.6 is 0 Å². The number of aromatic nitrogens is 2. The van der Waals surface area contributed by atoms with Crippen LogP contribution in [0.25, 0.3) is 0 Å². The Morgan fingerprint density at radius 3 is 2.94 bits per heavy atom. The van der Waals surface area contributed by atoms with Gasteiger partial charge in [-0.1, -0.05) is 0 Å². The summed E-state index contributed by atoms with van der Waals surface area (Å²) in [5, 5.41) is 6.10. The second-order valence-electron chi connectivity index (χ2n) is 3.45. The molecule has 1 aliphatic rings. The van der Waals surface area contributed by atoms with Gasteiger partial charge in [0, 0.05) is 0 Å². The third-order valence-corrected chi connectivity index (χ3v) is 2.04. The second-order valence-corrected chi connectivity index (χ2v) is 3.45. The number of carbonyl (C=O) groups is 1. The number of amides is 1. The van der Waals surface area contributed by atoms with Gasteiger partial charge in [-0.2, -0.15) is 18.3 Å². The van der Waals surface area contributed by atoms with Gasteiger partial charge in [-0.3, -0.25) is 4.68 Å². The largest absolute Gasteiger partial charge is 0.413 e. The highest BCUT2D eigenvalue weighted by molar-refractivity contribution is 5.73. The van der Waals surface area contributed by atoms with Gasteiger partial charge in [0.2, 0.25) is 0 Å². The molecule has 0 fully saturated rings. The zero-order valence-electron chi connectivity index (χ0n) is 8.21. The van der Waals surface area contributed by atoms with Gasteiger partial charge in [-0.25, -0.2) is 4.79 Å². The molecule has 0 saturated heterocycles. The minimum atomic E-state index is -4.35. The third kappa shape index (κ3) is 2.10. The first-order chi connectivity index (χ1) is 7.35. The van der Waals surface area contributed by atoms with Gasteiger partial charge in [0.05, 0.1) is 12.2 Å². The van der Waals surface area contributed by atoms with E-state index in [1.165, 1.54) is 0 Å². The predicted molar refractivity (Wildman–Crippen MR) is 45.9 cm³/mol. The van der Waals surface area contributed by atoms with Crippen LogP contribution in [0.15, 0.2) is 6.20 Å². The first kappa shape index (κ1) is 10.8. The lowest BCUT2D eigenvalue weighted by Gasteiger charge is -2.17. The molecular weight excluding hydrogens is 227 g/mol. The summed E-state index contributed by atoms with van der Waals surface area (Å²) in [6.45, 7) is 0.411. The number of nitrogens with zero attached hydrogens (tertiary/aromatic N) is 2. The van der Waals surface area contributed by atoms with E-state index in [1.54, 1.807) is 6.92 Å². The van der Waals surface area contributed by atoms with Crippen LogP contribution in [0.3, 0.4) is 0 Å². The Labute approximate surface area is 88.2 Å². The van der Waals surface area contributed by atoms with Gasteiger partial charge >= 0.3 is 12.3 Å². The number of fused-ring (bicyclic) bond motifs is 1. The first-order valence-corrected chi connectivity index (χ1v) is 4.47. The molecule has 1 aliphatic heterocycles. The molecule has 0 saturated carbocycles. The van der Waals surface area contributed by atoms with E-state index in [1.807, 2.05) is 0 Å². The number of nitrogens with one attached hydrogen (secondary N) is 1. The van der Waals surface area contributed by atoms with Crippen molar-refractivity contribution < 1.29 is 22.7 Å². The fourth-order valence-electron chi connectivity index (χ4n) is 1.44. The van der Waals surface area contributed by atoms with Gasteiger partial charge in [0.25, 0.3) is 0 Å². The van der Waals surface area contributed by atoms with Crippen LogP contribution in [0.2, 0.25) is 0 Å². The van der Waals surface area contributed by atoms with Gasteiger partial charge < -0.3 is 10.1 Å². The first-order valence-electron chi connectivity index (χ1n) is 4.47. The number of carbonyl (C=O) groups excluding carboxylic acids is 1. The molecule has 88 valence electrons. The minimum Gasteiger partial charge on any atom is -0.407 e. The zero-order chi connectivity index (χ0) is 11.9. The quantitative estimate of drug-likeness (QED) is 0.804. The molecule has 1 amide bonds. The summed E-state index contributed by atoms with van der Waals surface area (Å²) in [4.78, 5) is 10.9. The number of halogens is 3. The standard InChI is InChI=1S/C8H8F3N3O2/c1-4-6-5(16-7(15)12-4)2-14(13-6)3-8(9,10)11/h2,4H,3H2,1H3,(H,12,15). The molecule has 0 spiro atoms. The highest BCUT2D eigenvalue weighted by Gasteiger charge is 2.32. The van der Waals surface area contributed by atoms with Crippen molar-refractivity contribution in [3.05, 3.63) is 11.9 Å². The molecule has 2 rings (SSSR count). The van der Waals surface area contributed by atoms with Crippen LogP contribution in [0.5, 0.6) is 5.75 Å². The van der Waals surface area contributed by atoms with E-state index >= 15 is 0 Å².